The van der Waals surface area contributed by atoms with Gasteiger partial charge in [-0.2, -0.15) is 0 Å². The normalized spacial score (nSPS) is 21.4. The summed E-state index contributed by atoms with van der Waals surface area (Å²) in [6, 6.07) is 12.7. The van der Waals surface area contributed by atoms with Crippen molar-refractivity contribution in [2.75, 3.05) is 55.6 Å². The largest absolute Gasteiger partial charge is 0.356 e. The Balaban J connectivity index is 1.30. The molecule has 28 heavy (non-hydrogen) atoms. The van der Waals surface area contributed by atoms with Gasteiger partial charge in [-0.15, -0.1) is 0 Å². The zero-order valence-corrected chi connectivity index (χ0v) is 16.9. The molecule has 148 valence electrons. The van der Waals surface area contributed by atoms with Crippen molar-refractivity contribution in [1.29, 1.82) is 0 Å². The maximum absolute atomic E-state index is 4.56. The van der Waals surface area contributed by atoms with Crippen molar-refractivity contribution < 1.29 is 0 Å². The van der Waals surface area contributed by atoms with E-state index in [2.05, 4.69) is 80.1 Å². The third kappa shape index (κ3) is 4.90. The van der Waals surface area contributed by atoms with Crippen LogP contribution in [0.25, 0.3) is 6.08 Å². The minimum Gasteiger partial charge on any atom is -0.356 e. The summed E-state index contributed by atoms with van der Waals surface area (Å²) < 4.78 is 0. The molecule has 2 aliphatic rings. The highest BCUT2D eigenvalue weighted by atomic mass is 15.3. The van der Waals surface area contributed by atoms with E-state index < -0.39 is 0 Å². The van der Waals surface area contributed by atoms with Crippen molar-refractivity contribution in [2.45, 2.75) is 19.8 Å². The molecule has 0 radical (unpaired) electrons. The van der Waals surface area contributed by atoms with Gasteiger partial charge in [0.25, 0.3) is 0 Å². The molecule has 0 bridgehead atoms. The van der Waals surface area contributed by atoms with Crippen LogP contribution < -0.4 is 9.80 Å². The highest BCUT2D eigenvalue weighted by molar-refractivity contribution is 5.51. The van der Waals surface area contributed by atoms with Crippen molar-refractivity contribution in [3.05, 3.63) is 54.4 Å². The van der Waals surface area contributed by atoms with Gasteiger partial charge in [-0.3, -0.25) is 4.90 Å². The third-order valence-electron chi connectivity index (χ3n) is 5.79. The van der Waals surface area contributed by atoms with E-state index in [1.807, 2.05) is 0 Å². The Kier molecular flexibility index (Phi) is 6.22. The Bertz CT molecular complexity index is 768. The van der Waals surface area contributed by atoms with Crippen LogP contribution in [-0.4, -0.2) is 60.7 Å². The number of hydrogen-bond acceptors (Lipinski definition) is 5. The van der Waals surface area contributed by atoms with Gasteiger partial charge in [0.2, 0.25) is 0 Å². The second-order valence-electron chi connectivity index (χ2n) is 8.03. The zero-order chi connectivity index (χ0) is 19.2. The number of aromatic nitrogens is 2. The van der Waals surface area contributed by atoms with E-state index in [1.165, 1.54) is 18.4 Å². The Morgan fingerprint density at radius 3 is 2.46 bits per heavy atom. The van der Waals surface area contributed by atoms with Gasteiger partial charge in [-0.25, -0.2) is 9.97 Å². The second kappa shape index (κ2) is 9.20. The monoisotopic (exact) mass is 377 g/mol. The van der Waals surface area contributed by atoms with Crippen LogP contribution in [0.3, 0.4) is 0 Å². The van der Waals surface area contributed by atoms with Crippen molar-refractivity contribution in [3.8, 4) is 0 Å². The number of anilines is 2. The molecule has 0 spiro atoms. The van der Waals surface area contributed by atoms with E-state index in [-0.39, 0.29) is 0 Å². The SMILES string of the molecule is CC1CCCN(c2cc(N3CCN(C/C=C/c4ccccc4)CC3)ncn2)C1. The average molecular weight is 378 g/mol. The first-order valence-corrected chi connectivity index (χ1v) is 10.5. The predicted molar refractivity (Wildman–Crippen MR) is 117 cm³/mol. The van der Waals surface area contributed by atoms with E-state index in [0.29, 0.717) is 0 Å². The number of piperazine rings is 1. The predicted octanol–water partition coefficient (Wildman–Crippen LogP) is 3.55. The topological polar surface area (TPSA) is 35.5 Å². The van der Waals surface area contributed by atoms with Crippen LogP contribution in [0.1, 0.15) is 25.3 Å². The first-order valence-electron chi connectivity index (χ1n) is 10.5. The number of rotatable bonds is 5. The lowest BCUT2D eigenvalue weighted by Crippen LogP contribution is -2.46. The van der Waals surface area contributed by atoms with Gasteiger partial charge in [-0.1, -0.05) is 49.4 Å². The molecule has 5 heteroatoms. The molecule has 2 aliphatic heterocycles. The first kappa shape index (κ1) is 18.9. The number of nitrogens with zero attached hydrogens (tertiary/aromatic N) is 5. The standard InChI is InChI=1S/C23H31N5/c1-20-7-5-12-28(18-20)23-17-22(24-19-25-23)27-15-13-26(14-16-27)11-6-10-21-8-3-2-4-9-21/h2-4,6,8-10,17,19-20H,5,7,11-16,18H2,1H3/b10-6+. The van der Waals surface area contributed by atoms with Crippen LogP contribution in [0.5, 0.6) is 0 Å². The molecule has 0 aliphatic carbocycles. The summed E-state index contributed by atoms with van der Waals surface area (Å²) in [6.07, 6.45) is 8.80. The highest BCUT2D eigenvalue weighted by Crippen LogP contribution is 2.24. The van der Waals surface area contributed by atoms with Crippen LogP contribution in [0.15, 0.2) is 48.8 Å². The van der Waals surface area contributed by atoms with Crippen LogP contribution >= 0.6 is 0 Å². The smallest absolute Gasteiger partial charge is 0.134 e. The van der Waals surface area contributed by atoms with Crippen LogP contribution in [0, 0.1) is 5.92 Å². The van der Waals surface area contributed by atoms with Crippen LogP contribution in [0.2, 0.25) is 0 Å². The quantitative estimate of drug-likeness (QED) is 0.796. The molecule has 0 N–H and O–H groups in total. The van der Waals surface area contributed by atoms with Gasteiger partial charge in [0.15, 0.2) is 0 Å². The molecule has 0 saturated carbocycles. The van der Waals surface area contributed by atoms with Gasteiger partial charge in [-0.05, 0) is 24.3 Å². The van der Waals surface area contributed by atoms with Crippen molar-refractivity contribution in [3.63, 3.8) is 0 Å². The van der Waals surface area contributed by atoms with Crippen molar-refractivity contribution >= 4 is 17.7 Å². The minimum absolute atomic E-state index is 0.750. The minimum atomic E-state index is 0.750. The fraction of sp³-hybridized carbons (Fsp3) is 0.478. The summed E-state index contributed by atoms with van der Waals surface area (Å²) in [5.74, 6) is 2.91. The maximum Gasteiger partial charge on any atom is 0.134 e. The molecular weight excluding hydrogens is 346 g/mol. The Morgan fingerprint density at radius 1 is 0.964 bits per heavy atom. The number of piperidine rings is 1. The van der Waals surface area contributed by atoms with Gasteiger partial charge in [0.05, 0.1) is 0 Å². The molecule has 2 saturated heterocycles. The van der Waals surface area contributed by atoms with Crippen LogP contribution in [0.4, 0.5) is 11.6 Å². The van der Waals surface area contributed by atoms with Crippen molar-refractivity contribution in [2.24, 2.45) is 5.92 Å². The van der Waals surface area contributed by atoms with Gasteiger partial charge < -0.3 is 9.80 Å². The van der Waals surface area contributed by atoms with Gasteiger partial charge in [0, 0.05) is 51.9 Å². The molecular formula is C23H31N5. The van der Waals surface area contributed by atoms with E-state index in [9.17, 15) is 0 Å². The molecule has 2 fully saturated rings. The van der Waals surface area contributed by atoms with Gasteiger partial charge in [0.1, 0.15) is 18.0 Å². The fourth-order valence-electron chi connectivity index (χ4n) is 4.14. The summed E-state index contributed by atoms with van der Waals surface area (Å²) in [5, 5.41) is 0. The summed E-state index contributed by atoms with van der Waals surface area (Å²) in [5.41, 5.74) is 1.27. The third-order valence-corrected chi connectivity index (χ3v) is 5.79. The van der Waals surface area contributed by atoms with E-state index in [1.54, 1.807) is 6.33 Å². The van der Waals surface area contributed by atoms with Crippen molar-refractivity contribution in [1.82, 2.24) is 14.9 Å². The summed E-state index contributed by atoms with van der Waals surface area (Å²) in [4.78, 5) is 16.4. The molecule has 4 rings (SSSR count). The lowest BCUT2D eigenvalue weighted by atomic mass is 10.0. The Hall–Kier alpha value is -2.40. The maximum atomic E-state index is 4.56. The molecule has 1 unspecified atom stereocenters. The Labute approximate surface area is 168 Å². The highest BCUT2D eigenvalue weighted by Gasteiger charge is 2.21. The lowest BCUT2D eigenvalue weighted by Gasteiger charge is -2.36. The van der Waals surface area contributed by atoms with E-state index in [0.717, 1.165) is 63.4 Å². The molecule has 1 aromatic carbocycles. The lowest BCUT2D eigenvalue weighted by molar-refractivity contribution is 0.283. The van der Waals surface area contributed by atoms with Gasteiger partial charge >= 0.3 is 0 Å². The second-order valence-corrected chi connectivity index (χ2v) is 8.03. The summed E-state index contributed by atoms with van der Waals surface area (Å²) >= 11 is 0. The number of hydrogen-bond donors (Lipinski definition) is 0. The molecule has 0 amide bonds. The fourth-order valence-corrected chi connectivity index (χ4v) is 4.14. The average Bonchev–Trinajstić information content (AvgIpc) is 2.75. The molecule has 1 atom stereocenters. The van der Waals surface area contributed by atoms with E-state index >= 15 is 0 Å². The zero-order valence-electron chi connectivity index (χ0n) is 16.9. The summed E-state index contributed by atoms with van der Waals surface area (Å²) in [6.45, 7) is 9.74. The molecule has 2 aromatic rings. The molecule has 1 aromatic heterocycles. The van der Waals surface area contributed by atoms with Crippen LogP contribution in [-0.2, 0) is 0 Å². The first-order chi connectivity index (χ1) is 13.8. The number of benzene rings is 1. The molecule has 3 heterocycles. The summed E-state index contributed by atoms with van der Waals surface area (Å²) in [7, 11) is 0. The van der Waals surface area contributed by atoms with E-state index in [4.69, 9.17) is 0 Å². The molecule has 5 nitrogen and oxygen atoms in total. The Morgan fingerprint density at radius 2 is 1.71 bits per heavy atom.